The van der Waals surface area contributed by atoms with Crippen LogP contribution in [0, 0.1) is 5.92 Å². The van der Waals surface area contributed by atoms with Crippen LogP contribution in [0.5, 0.6) is 0 Å². The molecule has 1 saturated heterocycles. The van der Waals surface area contributed by atoms with Crippen molar-refractivity contribution >= 4 is 28.8 Å². The predicted molar refractivity (Wildman–Crippen MR) is 103 cm³/mol. The molecule has 4 N–H and O–H groups in total. The molecule has 148 valence electrons. The number of aromatic amines is 1. The molecule has 1 amide bonds. The number of amides is 1. The van der Waals surface area contributed by atoms with E-state index in [1.165, 1.54) is 6.33 Å². The summed E-state index contributed by atoms with van der Waals surface area (Å²) in [5, 5.41) is 7.09. The number of anilines is 2. The van der Waals surface area contributed by atoms with Crippen LogP contribution in [0.4, 0.5) is 11.8 Å². The maximum absolute atomic E-state index is 12.0. The summed E-state index contributed by atoms with van der Waals surface area (Å²) in [5.74, 6) is 1.59. The van der Waals surface area contributed by atoms with E-state index < -0.39 is 0 Å². The summed E-state index contributed by atoms with van der Waals surface area (Å²) in [6.45, 7) is 3.13. The molecule has 11 heteroatoms. The fourth-order valence-corrected chi connectivity index (χ4v) is 3.51. The van der Waals surface area contributed by atoms with Gasteiger partial charge in [-0.2, -0.15) is 15.1 Å². The van der Waals surface area contributed by atoms with Gasteiger partial charge in [0.05, 0.1) is 6.33 Å². The van der Waals surface area contributed by atoms with Crippen LogP contribution >= 0.6 is 0 Å². The van der Waals surface area contributed by atoms with Crippen molar-refractivity contribution in [1.82, 2.24) is 40.0 Å². The maximum atomic E-state index is 12.0. The number of aromatic nitrogens is 7. The van der Waals surface area contributed by atoms with Crippen LogP contribution in [0.2, 0.25) is 0 Å². The van der Waals surface area contributed by atoms with Crippen LogP contribution < -0.4 is 16.0 Å². The first kappa shape index (κ1) is 18.1. The van der Waals surface area contributed by atoms with Gasteiger partial charge in [-0.15, -0.1) is 0 Å². The fraction of sp³-hybridized carbons (Fsp3) is 0.529. The molecule has 0 aliphatic carbocycles. The standard InChI is InChI=1S/C17H24N10O/c18-17-24-15-14(21-10-22-15)16(25-17)26-6-3-12(4-7-26)8-20-13(28)2-1-5-27-11-19-9-23-27/h9-12H,1-8H2,(H,20,28)(H3,18,21,22,24,25). The minimum atomic E-state index is 0.0882. The predicted octanol–water partition coefficient (Wildman–Crippen LogP) is 0.340. The number of rotatable bonds is 7. The van der Waals surface area contributed by atoms with E-state index in [-0.39, 0.29) is 11.9 Å². The van der Waals surface area contributed by atoms with Crippen molar-refractivity contribution in [3.05, 3.63) is 19.0 Å². The third-order valence-electron chi connectivity index (χ3n) is 5.04. The number of H-pyrrole nitrogens is 1. The number of piperidine rings is 1. The lowest BCUT2D eigenvalue weighted by Crippen LogP contribution is -2.39. The van der Waals surface area contributed by atoms with Crippen molar-refractivity contribution in [2.45, 2.75) is 32.2 Å². The third-order valence-corrected chi connectivity index (χ3v) is 5.04. The highest BCUT2D eigenvalue weighted by Crippen LogP contribution is 2.26. The van der Waals surface area contributed by atoms with Crippen LogP contribution in [0.15, 0.2) is 19.0 Å². The Kier molecular flexibility index (Phi) is 5.31. The monoisotopic (exact) mass is 384 g/mol. The van der Waals surface area contributed by atoms with Gasteiger partial charge in [-0.25, -0.2) is 9.97 Å². The van der Waals surface area contributed by atoms with Crippen LogP contribution in [0.3, 0.4) is 0 Å². The van der Waals surface area contributed by atoms with E-state index in [9.17, 15) is 4.79 Å². The Morgan fingerprint density at radius 1 is 1.32 bits per heavy atom. The molecule has 1 fully saturated rings. The van der Waals surface area contributed by atoms with E-state index in [0.29, 0.717) is 31.1 Å². The SMILES string of the molecule is Nc1nc(N2CCC(CNC(=O)CCCn3cncn3)CC2)c2[nH]cnc2n1. The van der Waals surface area contributed by atoms with E-state index in [2.05, 4.69) is 40.2 Å². The number of imidazole rings is 1. The average Bonchev–Trinajstić information content (AvgIpc) is 3.38. The lowest BCUT2D eigenvalue weighted by molar-refractivity contribution is -0.121. The molecule has 3 aromatic rings. The van der Waals surface area contributed by atoms with Crippen molar-refractivity contribution in [2.24, 2.45) is 5.92 Å². The molecule has 0 spiro atoms. The second-order valence-electron chi connectivity index (χ2n) is 7.00. The number of nitrogens with two attached hydrogens (primary N) is 1. The highest BCUT2D eigenvalue weighted by Gasteiger charge is 2.23. The molecular weight excluding hydrogens is 360 g/mol. The zero-order valence-corrected chi connectivity index (χ0v) is 15.6. The first-order chi connectivity index (χ1) is 13.7. The molecule has 3 aromatic heterocycles. The average molecular weight is 384 g/mol. The molecule has 0 aromatic carbocycles. The van der Waals surface area contributed by atoms with Gasteiger partial charge in [0.2, 0.25) is 11.9 Å². The molecule has 1 aliphatic rings. The Morgan fingerprint density at radius 2 is 2.18 bits per heavy atom. The number of fused-ring (bicyclic) bond motifs is 1. The summed E-state index contributed by atoms with van der Waals surface area (Å²) in [6.07, 6.45) is 7.98. The smallest absolute Gasteiger partial charge is 0.224 e. The number of carbonyl (C=O) groups excluding carboxylic acids is 1. The number of hydrogen-bond acceptors (Lipinski definition) is 8. The summed E-state index contributed by atoms with van der Waals surface area (Å²) in [4.78, 5) is 33.9. The molecule has 4 heterocycles. The number of nitrogens with zero attached hydrogens (tertiary/aromatic N) is 7. The van der Waals surface area contributed by atoms with Crippen molar-refractivity contribution in [2.75, 3.05) is 30.3 Å². The van der Waals surface area contributed by atoms with Gasteiger partial charge in [-0.1, -0.05) is 0 Å². The highest BCUT2D eigenvalue weighted by molar-refractivity contribution is 5.84. The lowest BCUT2D eigenvalue weighted by Gasteiger charge is -2.33. The topological polar surface area (TPSA) is 144 Å². The number of hydrogen-bond donors (Lipinski definition) is 3. The van der Waals surface area contributed by atoms with Gasteiger partial charge in [-0.05, 0) is 25.2 Å². The largest absolute Gasteiger partial charge is 0.368 e. The second kappa shape index (κ2) is 8.19. The molecular formula is C17H24N10O. The Morgan fingerprint density at radius 3 is 2.96 bits per heavy atom. The Labute approximate surface area is 161 Å². The van der Waals surface area contributed by atoms with E-state index in [1.807, 2.05) is 0 Å². The van der Waals surface area contributed by atoms with Crippen molar-refractivity contribution < 1.29 is 4.79 Å². The van der Waals surface area contributed by atoms with Crippen LogP contribution in [0.25, 0.3) is 11.2 Å². The molecule has 4 rings (SSSR count). The summed E-state index contributed by atoms with van der Waals surface area (Å²) in [7, 11) is 0. The first-order valence-corrected chi connectivity index (χ1v) is 9.49. The number of aryl methyl sites for hydroxylation is 1. The van der Waals surface area contributed by atoms with Crippen LogP contribution in [0.1, 0.15) is 25.7 Å². The van der Waals surface area contributed by atoms with Crippen molar-refractivity contribution in [3.8, 4) is 0 Å². The Balaban J connectivity index is 1.22. The van der Waals surface area contributed by atoms with Gasteiger partial charge in [0, 0.05) is 32.6 Å². The maximum Gasteiger partial charge on any atom is 0.224 e. The van der Waals surface area contributed by atoms with Gasteiger partial charge in [0.1, 0.15) is 18.2 Å². The number of nitrogen functional groups attached to an aromatic ring is 1. The number of nitrogens with one attached hydrogen (secondary N) is 2. The van der Waals surface area contributed by atoms with E-state index in [1.54, 1.807) is 17.3 Å². The van der Waals surface area contributed by atoms with Gasteiger partial charge < -0.3 is 20.9 Å². The summed E-state index contributed by atoms with van der Waals surface area (Å²) in [6, 6.07) is 0. The molecule has 0 radical (unpaired) electrons. The summed E-state index contributed by atoms with van der Waals surface area (Å²) < 4.78 is 1.74. The summed E-state index contributed by atoms with van der Waals surface area (Å²) in [5.41, 5.74) is 7.21. The first-order valence-electron chi connectivity index (χ1n) is 9.49. The minimum absolute atomic E-state index is 0.0882. The number of carbonyl (C=O) groups is 1. The minimum Gasteiger partial charge on any atom is -0.368 e. The molecule has 1 aliphatic heterocycles. The zero-order chi connectivity index (χ0) is 19.3. The second-order valence-corrected chi connectivity index (χ2v) is 7.00. The molecule has 0 saturated carbocycles. The summed E-state index contributed by atoms with van der Waals surface area (Å²) >= 11 is 0. The highest BCUT2D eigenvalue weighted by atomic mass is 16.1. The van der Waals surface area contributed by atoms with E-state index in [4.69, 9.17) is 5.73 Å². The molecule has 0 unspecified atom stereocenters. The molecule has 0 bridgehead atoms. The molecule has 11 nitrogen and oxygen atoms in total. The van der Waals surface area contributed by atoms with Gasteiger partial charge in [-0.3, -0.25) is 9.48 Å². The van der Waals surface area contributed by atoms with Crippen LogP contribution in [-0.2, 0) is 11.3 Å². The van der Waals surface area contributed by atoms with E-state index >= 15 is 0 Å². The van der Waals surface area contributed by atoms with Crippen molar-refractivity contribution in [1.29, 1.82) is 0 Å². The van der Waals surface area contributed by atoms with Gasteiger partial charge in [0.25, 0.3) is 0 Å². The lowest BCUT2D eigenvalue weighted by atomic mass is 9.96. The van der Waals surface area contributed by atoms with E-state index in [0.717, 1.165) is 43.7 Å². The van der Waals surface area contributed by atoms with Gasteiger partial charge in [0.15, 0.2) is 11.5 Å². The Bertz CT molecular complexity index is 913. The van der Waals surface area contributed by atoms with Crippen molar-refractivity contribution in [3.63, 3.8) is 0 Å². The fourth-order valence-electron chi connectivity index (χ4n) is 3.51. The molecule has 28 heavy (non-hydrogen) atoms. The molecule has 0 atom stereocenters. The normalized spacial score (nSPS) is 15.2. The third kappa shape index (κ3) is 4.18. The van der Waals surface area contributed by atoms with Gasteiger partial charge >= 0.3 is 0 Å². The zero-order valence-electron chi connectivity index (χ0n) is 15.6. The van der Waals surface area contributed by atoms with Crippen LogP contribution in [-0.4, -0.2) is 60.2 Å². The Hall–Kier alpha value is -3.24. The quantitative estimate of drug-likeness (QED) is 0.529.